The van der Waals surface area contributed by atoms with Gasteiger partial charge in [-0.15, -0.1) is 0 Å². The molecule has 3 rings (SSSR count). The minimum atomic E-state index is 0.805. The van der Waals surface area contributed by atoms with E-state index in [1.165, 1.54) is 16.3 Å². The summed E-state index contributed by atoms with van der Waals surface area (Å²) in [6, 6.07) is 18.6. The monoisotopic (exact) mass is 280 g/mol. The van der Waals surface area contributed by atoms with E-state index in [1.807, 2.05) is 23.1 Å². The van der Waals surface area contributed by atoms with Crippen molar-refractivity contribution >= 4 is 10.8 Å². The van der Waals surface area contributed by atoms with Gasteiger partial charge in [0.15, 0.2) is 0 Å². The molecule has 0 spiro atoms. The van der Waals surface area contributed by atoms with Crippen molar-refractivity contribution in [3.05, 3.63) is 72.1 Å². The molecular weight excluding hydrogens is 262 g/mol. The zero-order valence-electron chi connectivity index (χ0n) is 12.2. The van der Waals surface area contributed by atoms with E-state index in [0.717, 1.165) is 17.9 Å². The normalized spacial score (nSPS) is 10.6. The first-order chi connectivity index (χ1) is 10.3. The van der Waals surface area contributed by atoms with Crippen LogP contribution in [0.1, 0.15) is 11.3 Å². The van der Waals surface area contributed by atoms with Crippen molar-refractivity contribution in [3.8, 4) is 5.75 Å². The molecule has 0 bridgehead atoms. The summed E-state index contributed by atoms with van der Waals surface area (Å²) in [5.41, 5.74) is 2.36. The van der Waals surface area contributed by atoms with E-state index in [1.54, 1.807) is 14.2 Å². The van der Waals surface area contributed by atoms with Crippen molar-refractivity contribution in [1.82, 2.24) is 0 Å². The van der Waals surface area contributed by atoms with Crippen LogP contribution in [0.4, 0.5) is 0 Å². The number of pyridine rings is 1. The van der Waals surface area contributed by atoms with E-state index >= 15 is 0 Å². The molecule has 0 saturated heterocycles. The van der Waals surface area contributed by atoms with Gasteiger partial charge in [0.05, 0.1) is 18.9 Å². The molecule has 1 heterocycles. The van der Waals surface area contributed by atoms with Crippen LogP contribution in [0.5, 0.6) is 5.75 Å². The Hall–Kier alpha value is -2.55. The summed E-state index contributed by atoms with van der Waals surface area (Å²) >= 11 is 0. The van der Waals surface area contributed by atoms with Crippen LogP contribution < -0.4 is 14.3 Å². The molecule has 21 heavy (non-hydrogen) atoms. The first-order valence-corrected chi connectivity index (χ1v) is 6.91. The van der Waals surface area contributed by atoms with Crippen LogP contribution in [0.2, 0.25) is 0 Å². The summed E-state index contributed by atoms with van der Waals surface area (Å²) in [5, 5.41) is 2.42. The SMILES string of the molecule is COc1ccc(Cc2c3ccccc3cc[n+]2OC)cc1. The summed E-state index contributed by atoms with van der Waals surface area (Å²) < 4.78 is 7.03. The van der Waals surface area contributed by atoms with Gasteiger partial charge in [0.25, 0.3) is 0 Å². The van der Waals surface area contributed by atoms with E-state index in [2.05, 4.69) is 42.5 Å². The molecular formula is C18H18NO2+. The van der Waals surface area contributed by atoms with Crippen molar-refractivity contribution < 1.29 is 14.3 Å². The summed E-state index contributed by atoms with van der Waals surface area (Å²) in [6.07, 6.45) is 2.76. The summed E-state index contributed by atoms with van der Waals surface area (Å²) in [5.74, 6) is 0.872. The number of methoxy groups -OCH3 is 1. The minimum absolute atomic E-state index is 0.805. The molecule has 3 heteroatoms. The third kappa shape index (κ3) is 2.68. The van der Waals surface area contributed by atoms with Gasteiger partial charge in [-0.3, -0.25) is 4.84 Å². The lowest BCUT2D eigenvalue weighted by Crippen LogP contribution is -2.44. The van der Waals surface area contributed by atoms with Crippen LogP contribution in [-0.4, -0.2) is 14.2 Å². The third-order valence-electron chi connectivity index (χ3n) is 3.65. The van der Waals surface area contributed by atoms with Gasteiger partial charge in [-0.2, -0.15) is 0 Å². The average Bonchev–Trinajstić information content (AvgIpc) is 2.56. The maximum absolute atomic E-state index is 5.46. The largest absolute Gasteiger partial charge is 0.497 e. The highest BCUT2D eigenvalue weighted by molar-refractivity contribution is 5.83. The second kappa shape index (κ2) is 5.83. The fourth-order valence-electron chi connectivity index (χ4n) is 2.54. The zero-order valence-corrected chi connectivity index (χ0v) is 12.2. The van der Waals surface area contributed by atoms with Crippen molar-refractivity contribution in [2.24, 2.45) is 0 Å². The smallest absolute Gasteiger partial charge is 0.246 e. The second-order valence-corrected chi connectivity index (χ2v) is 4.88. The Balaban J connectivity index is 2.05. The molecule has 0 unspecified atom stereocenters. The Bertz CT molecular complexity index is 751. The van der Waals surface area contributed by atoms with Gasteiger partial charge in [0.1, 0.15) is 12.9 Å². The third-order valence-corrected chi connectivity index (χ3v) is 3.65. The molecule has 0 atom stereocenters. The van der Waals surface area contributed by atoms with Crippen molar-refractivity contribution in [2.45, 2.75) is 6.42 Å². The van der Waals surface area contributed by atoms with Crippen LogP contribution in [0, 0.1) is 0 Å². The maximum atomic E-state index is 5.46. The molecule has 3 nitrogen and oxygen atoms in total. The number of nitrogens with zero attached hydrogens (tertiary/aromatic N) is 1. The molecule has 0 saturated carbocycles. The lowest BCUT2D eigenvalue weighted by Gasteiger charge is -2.06. The molecule has 0 radical (unpaired) electrons. The van der Waals surface area contributed by atoms with E-state index in [-0.39, 0.29) is 0 Å². The van der Waals surface area contributed by atoms with E-state index in [0.29, 0.717) is 0 Å². The van der Waals surface area contributed by atoms with Gasteiger partial charge in [-0.1, -0.05) is 30.3 Å². The van der Waals surface area contributed by atoms with Crippen molar-refractivity contribution in [2.75, 3.05) is 14.2 Å². The van der Waals surface area contributed by atoms with Crippen LogP contribution >= 0.6 is 0 Å². The quantitative estimate of drug-likeness (QED) is 0.686. The van der Waals surface area contributed by atoms with Gasteiger partial charge in [0.2, 0.25) is 11.9 Å². The molecule has 2 aromatic carbocycles. The van der Waals surface area contributed by atoms with Crippen molar-refractivity contribution in [3.63, 3.8) is 0 Å². The Morgan fingerprint density at radius 1 is 0.905 bits per heavy atom. The number of fused-ring (bicyclic) bond motifs is 1. The highest BCUT2D eigenvalue weighted by Gasteiger charge is 2.16. The number of hydrogen-bond donors (Lipinski definition) is 0. The van der Waals surface area contributed by atoms with E-state index < -0.39 is 0 Å². The number of hydrogen-bond acceptors (Lipinski definition) is 2. The van der Waals surface area contributed by atoms with E-state index in [9.17, 15) is 0 Å². The van der Waals surface area contributed by atoms with E-state index in [4.69, 9.17) is 9.57 Å². The molecule has 1 aromatic heterocycles. The summed E-state index contributed by atoms with van der Waals surface area (Å²) in [4.78, 5) is 5.46. The molecule has 0 fully saturated rings. The lowest BCUT2D eigenvalue weighted by molar-refractivity contribution is -0.889. The predicted molar refractivity (Wildman–Crippen MR) is 82.4 cm³/mol. The average molecular weight is 280 g/mol. The van der Waals surface area contributed by atoms with Gasteiger partial charge in [-0.05, 0) is 29.1 Å². The number of benzene rings is 2. The fourth-order valence-corrected chi connectivity index (χ4v) is 2.54. The highest BCUT2D eigenvalue weighted by atomic mass is 16.6. The molecule has 0 aliphatic rings. The van der Waals surface area contributed by atoms with Gasteiger partial charge < -0.3 is 4.74 Å². The lowest BCUT2D eigenvalue weighted by atomic mass is 10.0. The molecule has 106 valence electrons. The molecule has 0 N–H and O–H groups in total. The summed E-state index contributed by atoms with van der Waals surface area (Å²) in [7, 11) is 3.37. The van der Waals surface area contributed by atoms with Crippen LogP contribution in [0.25, 0.3) is 10.8 Å². The fraction of sp³-hybridized carbons (Fsp3) is 0.167. The standard InChI is InChI=1S/C18H18NO2/c1-20-16-9-7-14(8-10-16)13-18-17-6-4-3-5-15(17)11-12-19(18)21-2/h3-12H,13H2,1-2H3/q+1. The van der Waals surface area contributed by atoms with Crippen molar-refractivity contribution in [1.29, 1.82) is 0 Å². The molecule has 3 aromatic rings. The van der Waals surface area contributed by atoms with Crippen LogP contribution in [0.15, 0.2) is 60.8 Å². The predicted octanol–water partition coefficient (Wildman–Crippen LogP) is 2.79. The van der Waals surface area contributed by atoms with Crippen LogP contribution in [-0.2, 0) is 6.42 Å². The van der Waals surface area contributed by atoms with Crippen LogP contribution in [0.3, 0.4) is 0 Å². The zero-order chi connectivity index (χ0) is 14.7. The first kappa shape index (κ1) is 13.4. The Morgan fingerprint density at radius 3 is 2.38 bits per heavy atom. The van der Waals surface area contributed by atoms with Gasteiger partial charge >= 0.3 is 0 Å². The molecule has 0 amide bonds. The number of ether oxygens (including phenoxy) is 1. The summed E-state index contributed by atoms with van der Waals surface area (Å²) in [6.45, 7) is 0. The maximum Gasteiger partial charge on any atom is 0.246 e. The van der Waals surface area contributed by atoms with Gasteiger partial charge in [-0.25, -0.2) is 0 Å². The minimum Gasteiger partial charge on any atom is -0.497 e. The molecule has 0 aliphatic carbocycles. The number of aromatic nitrogens is 1. The second-order valence-electron chi connectivity index (χ2n) is 4.88. The highest BCUT2D eigenvalue weighted by Crippen LogP contribution is 2.19. The Labute approximate surface area is 124 Å². The number of rotatable bonds is 4. The Kier molecular flexibility index (Phi) is 3.73. The topological polar surface area (TPSA) is 22.3 Å². The Morgan fingerprint density at radius 2 is 1.67 bits per heavy atom. The molecule has 0 aliphatic heterocycles. The van der Waals surface area contributed by atoms with Gasteiger partial charge in [0, 0.05) is 10.8 Å². The first-order valence-electron chi connectivity index (χ1n) is 6.91.